The number of phenols is 1. The van der Waals surface area contributed by atoms with Gasteiger partial charge in [0.2, 0.25) is 5.95 Å². The van der Waals surface area contributed by atoms with Crippen LogP contribution in [0, 0.1) is 6.92 Å². The number of nitrogens with zero attached hydrogens (tertiary/aromatic N) is 2. The molecule has 0 spiro atoms. The Morgan fingerprint density at radius 3 is 2.42 bits per heavy atom. The number of rotatable bonds is 4. The zero-order valence-electron chi connectivity index (χ0n) is 13.9. The van der Waals surface area contributed by atoms with Gasteiger partial charge in [-0.25, -0.2) is 9.97 Å². The van der Waals surface area contributed by atoms with Crippen LogP contribution in [0.4, 0.5) is 5.95 Å². The fourth-order valence-corrected chi connectivity index (χ4v) is 2.49. The van der Waals surface area contributed by atoms with Crippen LogP contribution in [0.15, 0.2) is 48.7 Å². The maximum absolute atomic E-state index is 9.81. The van der Waals surface area contributed by atoms with Gasteiger partial charge in [-0.1, -0.05) is 35.9 Å². The van der Waals surface area contributed by atoms with E-state index in [-0.39, 0.29) is 5.75 Å². The number of phenolic OH excluding ortho intramolecular Hbond substituents is 1. The van der Waals surface area contributed by atoms with Gasteiger partial charge in [-0.2, -0.15) is 0 Å². The van der Waals surface area contributed by atoms with Crippen LogP contribution in [-0.2, 0) is 0 Å². The van der Waals surface area contributed by atoms with Gasteiger partial charge < -0.3 is 15.2 Å². The van der Waals surface area contributed by atoms with E-state index in [1.165, 1.54) is 12.7 Å². The molecule has 122 valence electrons. The zero-order chi connectivity index (χ0) is 17.1. The standard InChI is InChI=1S/C19H19N3O2/c1-12-4-6-13(7-5-12)18-15(11-21-19(20-2)22-18)14-8-9-16(23)17(10-14)24-3/h4-11,23H,1-3H3,(H,20,21,22). The summed E-state index contributed by atoms with van der Waals surface area (Å²) in [5, 5.41) is 12.8. The molecule has 3 rings (SSSR count). The van der Waals surface area contributed by atoms with Crippen molar-refractivity contribution in [1.29, 1.82) is 0 Å². The number of aryl methyl sites for hydroxylation is 1. The third-order valence-corrected chi connectivity index (χ3v) is 3.83. The smallest absolute Gasteiger partial charge is 0.222 e. The molecule has 0 fully saturated rings. The largest absolute Gasteiger partial charge is 0.504 e. The van der Waals surface area contributed by atoms with Crippen molar-refractivity contribution < 1.29 is 9.84 Å². The molecule has 2 N–H and O–H groups in total. The van der Waals surface area contributed by atoms with E-state index < -0.39 is 0 Å². The number of aromatic hydroxyl groups is 1. The molecule has 3 aromatic rings. The second kappa shape index (κ2) is 6.58. The van der Waals surface area contributed by atoms with E-state index >= 15 is 0 Å². The fraction of sp³-hybridized carbons (Fsp3) is 0.158. The van der Waals surface area contributed by atoms with Crippen molar-refractivity contribution >= 4 is 5.95 Å². The lowest BCUT2D eigenvalue weighted by atomic mass is 10.00. The van der Waals surface area contributed by atoms with Gasteiger partial charge in [0.1, 0.15) is 0 Å². The molecule has 0 bridgehead atoms. The van der Waals surface area contributed by atoms with Crippen LogP contribution < -0.4 is 10.1 Å². The Balaban J connectivity index is 2.19. The SMILES string of the molecule is CNc1ncc(-c2ccc(O)c(OC)c2)c(-c2ccc(C)cc2)n1. The number of methoxy groups -OCH3 is 1. The van der Waals surface area contributed by atoms with Crippen LogP contribution in [0.3, 0.4) is 0 Å². The normalized spacial score (nSPS) is 10.5. The van der Waals surface area contributed by atoms with Crippen molar-refractivity contribution in [1.82, 2.24) is 9.97 Å². The number of aromatic nitrogens is 2. The summed E-state index contributed by atoms with van der Waals surface area (Å²) in [6.07, 6.45) is 1.78. The highest BCUT2D eigenvalue weighted by Crippen LogP contribution is 2.35. The lowest BCUT2D eigenvalue weighted by Gasteiger charge is -2.12. The van der Waals surface area contributed by atoms with Crippen molar-refractivity contribution in [3.8, 4) is 33.9 Å². The molecule has 2 aromatic carbocycles. The molecule has 0 aliphatic carbocycles. The average molecular weight is 321 g/mol. The average Bonchev–Trinajstić information content (AvgIpc) is 2.62. The summed E-state index contributed by atoms with van der Waals surface area (Å²) in [5.74, 6) is 1.08. The highest BCUT2D eigenvalue weighted by molar-refractivity contribution is 5.81. The highest BCUT2D eigenvalue weighted by Gasteiger charge is 2.13. The molecule has 0 aliphatic heterocycles. The van der Waals surface area contributed by atoms with E-state index in [9.17, 15) is 5.11 Å². The monoisotopic (exact) mass is 321 g/mol. The van der Waals surface area contributed by atoms with Gasteiger partial charge in [0, 0.05) is 24.4 Å². The van der Waals surface area contributed by atoms with Gasteiger partial charge in [-0.05, 0) is 24.6 Å². The van der Waals surface area contributed by atoms with Crippen LogP contribution in [0.2, 0.25) is 0 Å². The fourth-order valence-electron chi connectivity index (χ4n) is 2.49. The lowest BCUT2D eigenvalue weighted by Crippen LogP contribution is -1.99. The summed E-state index contributed by atoms with van der Waals surface area (Å²) < 4.78 is 5.21. The van der Waals surface area contributed by atoms with Crippen LogP contribution >= 0.6 is 0 Å². The molecule has 24 heavy (non-hydrogen) atoms. The number of ether oxygens (including phenoxy) is 1. The Morgan fingerprint density at radius 2 is 1.75 bits per heavy atom. The van der Waals surface area contributed by atoms with Crippen LogP contribution in [-0.4, -0.2) is 29.2 Å². The molecule has 0 saturated heterocycles. The number of hydrogen-bond donors (Lipinski definition) is 2. The Morgan fingerprint density at radius 1 is 1.04 bits per heavy atom. The first-order valence-corrected chi connectivity index (χ1v) is 7.61. The summed E-state index contributed by atoms with van der Waals surface area (Å²) in [6.45, 7) is 2.05. The van der Waals surface area contributed by atoms with Gasteiger partial charge >= 0.3 is 0 Å². The Hall–Kier alpha value is -3.08. The van der Waals surface area contributed by atoms with Crippen molar-refractivity contribution in [3.05, 3.63) is 54.2 Å². The maximum atomic E-state index is 9.81. The summed E-state index contributed by atoms with van der Waals surface area (Å²) in [4.78, 5) is 8.95. The second-order valence-electron chi connectivity index (χ2n) is 5.46. The summed E-state index contributed by atoms with van der Waals surface area (Å²) in [7, 11) is 3.32. The quantitative estimate of drug-likeness (QED) is 0.763. The molecule has 0 atom stereocenters. The third-order valence-electron chi connectivity index (χ3n) is 3.83. The molecule has 0 aliphatic rings. The first-order valence-electron chi connectivity index (χ1n) is 7.61. The second-order valence-corrected chi connectivity index (χ2v) is 5.46. The first-order chi connectivity index (χ1) is 11.6. The van der Waals surface area contributed by atoms with Crippen molar-refractivity contribution in [3.63, 3.8) is 0 Å². The molecule has 1 aromatic heterocycles. The molecule has 5 nitrogen and oxygen atoms in total. The number of nitrogens with one attached hydrogen (secondary N) is 1. The minimum absolute atomic E-state index is 0.103. The van der Waals surface area contributed by atoms with E-state index in [2.05, 4.69) is 34.3 Å². The zero-order valence-corrected chi connectivity index (χ0v) is 13.9. The molecule has 0 saturated carbocycles. The molecular weight excluding hydrogens is 302 g/mol. The molecular formula is C19H19N3O2. The Kier molecular flexibility index (Phi) is 4.33. The Bertz CT molecular complexity index is 861. The van der Waals surface area contributed by atoms with Crippen molar-refractivity contribution in [2.45, 2.75) is 6.92 Å². The maximum Gasteiger partial charge on any atom is 0.222 e. The Labute approximate surface area is 141 Å². The van der Waals surface area contributed by atoms with Gasteiger partial charge in [-0.3, -0.25) is 0 Å². The third kappa shape index (κ3) is 3.01. The summed E-state index contributed by atoms with van der Waals surface area (Å²) >= 11 is 0. The number of hydrogen-bond acceptors (Lipinski definition) is 5. The number of anilines is 1. The van der Waals surface area contributed by atoms with Crippen LogP contribution in [0.25, 0.3) is 22.4 Å². The predicted octanol–water partition coefficient (Wildman–Crippen LogP) is 3.87. The van der Waals surface area contributed by atoms with Gasteiger partial charge in [0.25, 0.3) is 0 Å². The van der Waals surface area contributed by atoms with Crippen molar-refractivity contribution in [2.24, 2.45) is 0 Å². The minimum Gasteiger partial charge on any atom is -0.504 e. The van der Waals surface area contributed by atoms with E-state index in [1.54, 1.807) is 25.4 Å². The van der Waals surface area contributed by atoms with Crippen LogP contribution in [0.1, 0.15) is 5.56 Å². The molecule has 0 unspecified atom stereocenters. The minimum atomic E-state index is 0.103. The molecule has 5 heteroatoms. The van der Waals surface area contributed by atoms with E-state index in [1.807, 2.05) is 18.2 Å². The molecule has 0 radical (unpaired) electrons. The lowest BCUT2D eigenvalue weighted by molar-refractivity contribution is 0.373. The topological polar surface area (TPSA) is 67.3 Å². The predicted molar refractivity (Wildman–Crippen MR) is 95.4 cm³/mol. The van der Waals surface area contributed by atoms with Gasteiger partial charge in [0.15, 0.2) is 11.5 Å². The first kappa shape index (κ1) is 15.8. The van der Waals surface area contributed by atoms with E-state index in [4.69, 9.17) is 4.74 Å². The molecule has 0 amide bonds. The van der Waals surface area contributed by atoms with Gasteiger partial charge in [-0.15, -0.1) is 0 Å². The molecule has 1 heterocycles. The number of benzene rings is 2. The van der Waals surface area contributed by atoms with Crippen molar-refractivity contribution in [2.75, 3.05) is 19.5 Å². The van der Waals surface area contributed by atoms with Gasteiger partial charge in [0.05, 0.1) is 12.8 Å². The van der Waals surface area contributed by atoms with E-state index in [0.717, 1.165) is 22.4 Å². The summed E-state index contributed by atoms with van der Waals surface area (Å²) in [5.41, 5.74) is 4.76. The van der Waals surface area contributed by atoms with Crippen LogP contribution in [0.5, 0.6) is 11.5 Å². The summed E-state index contributed by atoms with van der Waals surface area (Å²) in [6, 6.07) is 13.4. The van der Waals surface area contributed by atoms with E-state index in [0.29, 0.717) is 11.7 Å². The highest BCUT2D eigenvalue weighted by atomic mass is 16.5.